The molecule has 0 saturated heterocycles. The molecule has 0 spiro atoms. The molecule has 0 heterocycles. The normalized spacial score (nSPS) is 15.3. The fraction of sp³-hybridized carbons (Fsp3) is 0.571. The van der Waals surface area contributed by atoms with Gasteiger partial charge in [0.05, 0.1) is 0 Å². The molecule has 1 rings (SSSR count). The monoisotopic (exact) mass is 268 g/mol. The van der Waals surface area contributed by atoms with E-state index in [-0.39, 0.29) is 0 Å². The first kappa shape index (κ1) is 12.8. The van der Waals surface area contributed by atoms with Crippen molar-refractivity contribution in [1.82, 2.24) is 0 Å². The Morgan fingerprint density at radius 2 is 1.73 bits per heavy atom. The lowest BCUT2D eigenvalue weighted by molar-refractivity contribution is 0.258. The smallest absolute Gasteiger partial charge is 0.00909 e. The highest BCUT2D eigenvalue weighted by Crippen LogP contribution is 2.33. The molecule has 0 N–H and O–H groups in total. The zero-order valence-corrected chi connectivity index (χ0v) is 11.8. The first-order chi connectivity index (χ1) is 6.98. The summed E-state index contributed by atoms with van der Waals surface area (Å²) in [7, 11) is 0. The third-order valence-electron chi connectivity index (χ3n) is 3.43. The molecule has 84 valence electrons. The van der Waals surface area contributed by atoms with Gasteiger partial charge in [-0.3, -0.25) is 0 Å². The second kappa shape index (κ2) is 5.16. The minimum atomic E-state index is 0.356. The molecule has 0 aliphatic carbocycles. The summed E-state index contributed by atoms with van der Waals surface area (Å²) in [5.41, 5.74) is 3.13. The van der Waals surface area contributed by atoms with Crippen LogP contribution in [-0.4, -0.2) is 5.33 Å². The number of hydrogen-bond acceptors (Lipinski definition) is 0. The number of halogens is 1. The molecule has 0 radical (unpaired) electrons. The molecular weight excluding hydrogens is 248 g/mol. The summed E-state index contributed by atoms with van der Waals surface area (Å²) in [5, 5.41) is 1.06. The van der Waals surface area contributed by atoms with Gasteiger partial charge in [0, 0.05) is 5.33 Å². The number of aryl methyl sites for hydroxylation is 1. The van der Waals surface area contributed by atoms with Crippen molar-refractivity contribution in [2.45, 2.75) is 34.1 Å². The van der Waals surface area contributed by atoms with Crippen molar-refractivity contribution in [2.75, 3.05) is 5.33 Å². The SMILES string of the molecule is Cc1ccc(CC(C)(CBr)C(C)C)cc1. The fourth-order valence-corrected chi connectivity index (χ4v) is 2.42. The van der Waals surface area contributed by atoms with Gasteiger partial charge in [-0.1, -0.05) is 66.5 Å². The largest absolute Gasteiger partial charge is 0.0922 e. The lowest BCUT2D eigenvalue weighted by Gasteiger charge is -2.32. The van der Waals surface area contributed by atoms with Gasteiger partial charge in [-0.05, 0) is 30.2 Å². The Morgan fingerprint density at radius 1 is 1.20 bits per heavy atom. The predicted molar refractivity (Wildman–Crippen MR) is 71.6 cm³/mol. The van der Waals surface area contributed by atoms with E-state index in [0.717, 1.165) is 11.8 Å². The predicted octanol–water partition coefficient (Wildman–Crippen LogP) is 4.59. The molecule has 0 aliphatic rings. The van der Waals surface area contributed by atoms with Gasteiger partial charge in [-0.15, -0.1) is 0 Å². The minimum absolute atomic E-state index is 0.356. The second-order valence-electron chi connectivity index (χ2n) is 5.10. The molecule has 1 atom stereocenters. The van der Waals surface area contributed by atoms with Crippen molar-refractivity contribution in [3.05, 3.63) is 35.4 Å². The van der Waals surface area contributed by atoms with Crippen LogP contribution in [0.5, 0.6) is 0 Å². The van der Waals surface area contributed by atoms with Crippen molar-refractivity contribution >= 4 is 15.9 Å². The van der Waals surface area contributed by atoms with Crippen molar-refractivity contribution in [1.29, 1.82) is 0 Å². The van der Waals surface area contributed by atoms with Crippen molar-refractivity contribution in [3.8, 4) is 0 Å². The Kier molecular flexibility index (Phi) is 4.39. The summed E-state index contributed by atoms with van der Waals surface area (Å²) in [4.78, 5) is 0. The lowest BCUT2D eigenvalue weighted by atomic mass is 9.76. The molecule has 1 heteroatoms. The Labute approximate surface area is 102 Å². The summed E-state index contributed by atoms with van der Waals surface area (Å²) < 4.78 is 0. The fourth-order valence-electron chi connectivity index (χ4n) is 1.58. The van der Waals surface area contributed by atoms with Gasteiger partial charge in [-0.25, -0.2) is 0 Å². The number of alkyl halides is 1. The van der Waals surface area contributed by atoms with Gasteiger partial charge in [0.25, 0.3) is 0 Å². The maximum Gasteiger partial charge on any atom is 0.00909 e. The van der Waals surface area contributed by atoms with Gasteiger partial charge < -0.3 is 0 Å². The van der Waals surface area contributed by atoms with Gasteiger partial charge in [-0.2, -0.15) is 0 Å². The Morgan fingerprint density at radius 3 is 2.13 bits per heavy atom. The van der Waals surface area contributed by atoms with Crippen LogP contribution >= 0.6 is 15.9 Å². The Bertz CT molecular complexity index is 300. The van der Waals surface area contributed by atoms with Gasteiger partial charge in [0.1, 0.15) is 0 Å². The topological polar surface area (TPSA) is 0 Å². The molecular formula is C14H21Br. The van der Waals surface area contributed by atoms with E-state index in [1.807, 2.05) is 0 Å². The molecule has 0 saturated carbocycles. The molecule has 0 nitrogen and oxygen atoms in total. The minimum Gasteiger partial charge on any atom is -0.0922 e. The van der Waals surface area contributed by atoms with E-state index in [1.165, 1.54) is 11.1 Å². The molecule has 15 heavy (non-hydrogen) atoms. The maximum atomic E-state index is 3.64. The van der Waals surface area contributed by atoms with Crippen molar-refractivity contribution < 1.29 is 0 Å². The van der Waals surface area contributed by atoms with Crippen LogP contribution in [0.1, 0.15) is 31.9 Å². The van der Waals surface area contributed by atoms with Gasteiger partial charge in [0.2, 0.25) is 0 Å². The molecule has 0 bridgehead atoms. The average Bonchev–Trinajstić information content (AvgIpc) is 2.21. The van der Waals surface area contributed by atoms with Gasteiger partial charge >= 0.3 is 0 Å². The van der Waals surface area contributed by atoms with Crippen molar-refractivity contribution in [3.63, 3.8) is 0 Å². The van der Waals surface area contributed by atoms with E-state index in [0.29, 0.717) is 11.3 Å². The molecule has 1 aromatic rings. The third-order valence-corrected chi connectivity index (χ3v) is 4.71. The van der Waals surface area contributed by atoms with E-state index >= 15 is 0 Å². The van der Waals surface area contributed by atoms with E-state index < -0.39 is 0 Å². The highest BCUT2D eigenvalue weighted by molar-refractivity contribution is 9.09. The zero-order valence-electron chi connectivity index (χ0n) is 10.2. The van der Waals surface area contributed by atoms with E-state index in [9.17, 15) is 0 Å². The van der Waals surface area contributed by atoms with Crippen LogP contribution in [0.25, 0.3) is 0 Å². The van der Waals surface area contributed by atoms with Crippen LogP contribution in [0, 0.1) is 18.3 Å². The maximum absolute atomic E-state index is 3.64. The summed E-state index contributed by atoms with van der Waals surface area (Å²) in [6.45, 7) is 9.09. The van der Waals surface area contributed by atoms with Crippen LogP contribution in [0.2, 0.25) is 0 Å². The van der Waals surface area contributed by atoms with E-state index in [2.05, 4.69) is 67.9 Å². The van der Waals surface area contributed by atoms with Crippen LogP contribution in [0.3, 0.4) is 0 Å². The van der Waals surface area contributed by atoms with Crippen LogP contribution in [0.15, 0.2) is 24.3 Å². The molecule has 0 aromatic heterocycles. The Balaban J connectivity index is 2.79. The first-order valence-electron chi connectivity index (χ1n) is 5.59. The van der Waals surface area contributed by atoms with Crippen molar-refractivity contribution in [2.24, 2.45) is 11.3 Å². The van der Waals surface area contributed by atoms with E-state index in [4.69, 9.17) is 0 Å². The summed E-state index contributed by atoms with van der Waals surface area (Å²) in [6.07, 6.45) is 1.15. The van der Waals surface area contributed by atoms with Crippen LogP contribution in [-0.2, 0) is 6.42 Å². The lowest BCUT2D eigenvalue weighted by Crippen LogP contribution is -2.28. The summed E-state index contributed by atoms with van der Waals surface area (Å²) >= 11 is 3.64. The second-order valence-corrected chi connectivity index (χ2v) is 5.67. The van der Waals surface area contributed by atoms with Crippen LogP contribution < -0.4 is 0 Å². The van der Waals surface area contributed by atoms with Gasteiger partial charge in [0.15, 0.2) is 0 Å². The molecule has 1 unspecified atom stereocenters. The first-order valence-corrected chi connectivity index (χ1v) is 6.71. The quantitative estimate of drug-likeness (QED) is 0.701. The Hall–Kier alpha value is -0.300. The third kappa shape index (κ3) is 3.34. The molecule has 0 amide bonds. The zero-order chi connectivity index (χ0) is 11.5. The highest BCUT2D eigenvalue weighted by atomic mass is 79.9. The summed E-state index contributed by atoms with van der Waals surface area (Å²) in [5.74, 6) is 0.693. The van der Waals surface area contributed by atoms with E-state index in [1.54, 1.807) is 0 Å². The molecule has 1 aromatic carbocycles. The number of hydrogen-bond donors (Lipinski definition) is 0. The highest BCUT2D eigenvalue weighted by Gasteiger charge is 2.27. The average molecular weight is 269 g/mol. The number of benzene rings is 1. The summed E-state index contributed by atoms with van der Waals surface area (Å²) in [6, 6.07) is 8.89. The number of rotatable bonds is 4. The molecule has 0 fully saturated rings. The standard InChI is InChI=1S/C14H21Br/c1-11(2)14(4,10-15)9-13-7-5-12(3)6-8-13/h5-8,11H,9-10H2,1-4H3. The van der Waals surface area contributed by atoms with Crippen LogP contribution in [0.4, 0.5) is 0 Å². The molecule has 0 aliphatic heterocycles.